The molecule has 1 saturated carbocycles. The van der Waals surface area contributed by atoms with Crippen molar-refractivity contribution in [2.45, 2.75) is 26.6 Å². The van der Waals surface area contributed by atoms with Crippen molar-refractivity contribution in [3.8, 4) is 0 Å². The van der Waals surface area contributed by atoms with E-state index >= 15 is 0 Å². The van der Waals surface area contributed by atoms with E-state index in [-0.39, 0.29) is 11.3 Å². The van der Waals surface area contributed by atoms with E-state index in [0.29, 0.717) is 0 Å². The Morgan fingerprint density at radius 2 is 1.38 bits per heavy atom. The SMILES string of the molecule is C[C@@H]1C(C)(C)C1(O)O. The van der Waals surface area contributed by atoms with E-state index in [9.17, 15) is 0 Å². The second kappa shape index (κ2) is 1.09. The summed E-state index contributed by atoms with van der Waals surface area (Å²) in [5.41, 5.74) is -0.285. The van der Waals surface area contributed by atoms with E-state index in [0.717, 1.165) is 0 Å². The van der Waals surface area contributed by atoms with Crippen molar-refractivity contribution >= 4 is 0 Å². The maximum absolute atomic E-state index is 8.98. The number of hydrogen-bond acceptors (Lipinski definition) is 2. The maximum Gasteiger partial charge on any atom is 0.171 e. The fourth-order valence-electron chi connectivity index (χ4n) is 0.968. The Kier molecular flexibility index (Phi) is 0.823. The van der Waals surface area contributed by atoms with Gasteiger partial charge >= 0.3 is 0 Å². The van der Waals surface area contributed by atoms with Gasteiger partial charge in [0.2, 0.25) is 0 Å². The van der Waals surface area contributed by atoms with Crippen LogP contribution < -0.4 is 0 Å². The van der Waals surface area contributed by atoms with Crippen molar-refractivity contribution in [3.05, 3.63) is 0 Å². The quantitative estimate of drug-likeness (QED) is 0.448. The zero-order chi connectivity index (χ0) is 6.58. The minimum absolute atomic E-state index is 0.0231. The molecule has 0 aromatic rings. The normalized spacial score (nSPS) is 39.4. The molecule has 0 saturated heterocycles. The molecular weight excluding hydrogens is 104 g/mol. The Hall–Kier alpha value is -0.0800. The van der Waals surface area contributed by atoms with Crippen molar-refractivity contribution in [2.24, 2.45) is 11.3 Å². The molecular formula is C6H12O2. The Morgan fingerprint density at radius 1 is 1.25 bits per heavy atom. The van der Waals surface area contributed by atoms with Crippen LogP contribution in [0.25, 0.3) is 0 Å². The summed E-state index contributed by atoms with van der Waals surface area (Å²) >= 11 is 0. The molecule has 0 spiro atoms. The van der Waals surface area contributed by atoms with Crippen LogP contribution in [0.1, 0.15) is 20.8 Å². The molecule has 1 atom stereocenters. The molecule has 0 unspecified atom stereocenters. The highest BCUT2D eigenvalue weighted by Crippen LogP contribution is 2.59. The summed E-state index contributed by atoms with van der Waals surface area (Å²) in [6.45, 7) is 5.52. The molecule has 0 aromatic heterocycles. The third-order valence-electron chi connectivity index (χ3n) is 2.55. The lowest BCUT2D eigenvalue weighted by Crippen LogP contribution is -2.13. The first-order valence-electron chi connectivity index (χ1n) is 2.85. The molecule has 0 amide bonds. The van der Waals surface area contributed by atoms with Crippen LogP contribution in [0.5, 0.6) is 0 Å². The Labute approximate surface area is 49.1 Å². The fourth-order valence-corrected chi connectivity index (χ4v) is 0.968. The highest BCUT2D eigenvalue weighted by Gasteiger charge is 2.67. The summed E-state index contributed by atoms with van der Waals surface area (Å²) in [4.78, 5) is 0. The Bertz CT molecular complexity index is 102. The lowest BCUT2D eigenvalue weighted by atomic mass is 10.1. The van der Waals surface area contributed by atoms with Crippen molar-refractivity contribution in [1.82, 2.24) is 0 Å². The number of aliphatic hydroxyl groups is 2. The Morgan fingerprint density at radius 3 is 1.38 bits per heavy atom. The van der Waals surface area contributed by atoms with Gasteiger partial charge in [0.1, 0.15) is 0 Å². The smallest absolute Gasteiger partial charge is 0.171 e. The van der Waals surface area contributed by atoms with E-state index in [1.807, 2.05) is 20.8 Å². The molecule has 2 nitrogen and oxygen atoms in total. The second-order valence-corrected chi connectivity index (χ2v) is 3.17. The first-order chi connectivity index (χ1) is 3.40. The molecule has 2 heteroatoms. The molecule has 1 fully saturated rings. The van der Waals surface area contributed by atoms with E-state index in [4.69, 9.17) is 10.2 Å². The molecule has 1 rings (SSSR count). The highest BCUT2D eigenvalue weighted by atomic mass is 16.5. The zero-order valence-corrected chi connectivity index (χ0v) is 5.47. The summed E-state index contributed by atoms with van der Waals surface area (Å²) < 4.78 is 0. The van der Waals surface area contributed by atoms with Crippen LogP contribution in [-0.2, 0) is 0 Å². The predicted molar refractivity (Wildman–Crippen MR) is 30.1 cm³/mol. The van der Waals surface area contributed by atoms with Crippen LogP contribution in [0.2, 0.25) is 0 Å². The van der Waals surface area contributed by atoms with Gasteiger partial charge in [0.05, 0.1) is 0 Å². The van der Waals surface area contributed by atoms with Crippen LogP contribution in [0.15, 0.2) is 0 Å². The average Bonchev–Trinajstić information content (AvgIpc) is 1.88. The van der Waals surface area contributed by atoms with Crippen LogP contribution in [0, 0.1) is 11.3 Å². The minimum atomic E-state index is -1.40. The van der Waals surface area contributed by atoms with Crippen molar-refractivity contribution in [1.29, 1.82) is 0 Å². The summed E-state index contributed by atoms with van der Waals surface area (Å²) in [6.07, 6.45) is 0. The third kappa shape index (κ3) is 0.400. The van der Waals surface area contributed by atoms with Crippen molar-refractivity contribution in [3.63, 3.8) is 0 Å². The second-order valence-electron chi connectivity index (χ2n) is 3.17. The lowest BCUT2D eigenvalue weighted by Gasteiger charge is -2.02. The Balaban J connectivity index is 2.72. The molecule has 48 valence electrons. The monoisotopic (exact) mass is 116 g/mol. The van der Waals surface area contributed by atoms with Crippen LogP contribution in [0.4, 0.5) is 0 Å². The summed E-state index contributed by atoms with van der Waals surface area (Å²) in [5.74, 6) is -1.37. The van der Waals surface area contributed by atoms with E-state index < -0.39 is 5.79 Å². The van der Waals surface area contributed by atoms with Gasteiger partial charge in [0, 0.05) is 11.3 Å². The fraction of sp³-hybridized carbons (Fsp3) is 1.00. The zero-order valence-electron chi connectivity index (χ0n) is 5.47. The van der Waals surface area contributed by atoms with E-state index in [1.54, 1.807) is 0 Å². The third-order valence-corrected chi connectivity index (χ3v) is 2.55. The van der Waals surface area contributed by atoms with E-state index in [2.05, 4.69) is 0 Å². The molecule has 2 N–H and O–H groups in total. The minimum Gasteiger partial charge on any atom is -0.365 e. The van der Waals surface area contributed by atoms with Gasteiger partial charge in [0.15, 0.2) is 5.79 Å². The topological polar surface area (TPSA) is 40.5 Å². The van der Waals surface area contributed by atoms with Gasteiger partial charge in [-0.1, -0.05) is 20.8 Å². The number of rotatable bonds is 0. The largest absolute Gasteiger partial charge is 0.365 e. The van der Waals surface area contributed by atoms with Gasteiger partial charge in [-0.15, -0.1) is 0 Å². The van der Waals surface area contributed by atoms with Gasteiger partial charge in [-0.3, -0.25) is 0 Å². The molecule has 0 bridgehead atoms. The van der Waals surface area contributed by atoms with Gasteiger partial charge in [-0.2, -0.15) is 0 Å². The van der Waals surface area contributed by atoms with Crippen LogP contribution in [0.3, 0.4) is 0 Å². The van der Waals surface area contributed by atoms with Crippen molar-refractivity contribution < 1.29 is 10.2 Å². The van der Waals surface area contributed by atoms with Crippen LogP contribution in [-0.4, -0.2) is 16.0 Å². The maximum atomic E-state index is 8.98. The lowest BCUT2D eigenvalue weighted by molar-refractivity contribution is -0.104. The predicted octanol–water partition coefficient (Wildman–Crippen LogP) is 0.343. The molecule has 0 aliphatic heterocycles. The summed E-state index contributed by atoms with van der Waals surface area (Å²) in [7, 11) is 0. The highest BCUT2D eigenvalue weighted by molar-refractivity contribution is 5.09. The molecule has 0 heterocycles. The molecule has 0 radical (unpaired) electrons. The van der Waals surface area contributed by atoms with Gasteiger partial charge in [-0.25, -0.2) is 0 Å². The van der Waals surface area contributed by atoms with Crippen molar-refractivity contribution in [2.75, 3.05) is 0 Å². The number of hydrogen-bond donors (Lipinski definition) is 2. The standard InChI is InChI=1S/C6H12O2/c1-4-5(2,3)6(4,7)8/h4,7-8H,1-3H3/t4-/m1/s1. The van der Waals surface area contributed by atoms with Gasteiger partial charge in [-0.05, 0) is 0 Å². The molecule has 1 aliphatic rings. The molecule has 1 aliphatic carbocycles. The first-order valence-corrected chi connectivity index (χ1v) is 2.85. The first kappa shape index (κ1) is 6.05. The molecule has 0 aromatic carbocycles. The molecule has 8 heavy (non-hydrogen) atoms. The van der Waals surface area contributed by atoms with Crippen LogP contribution >= 0.6 is 0 Å². The summed E-state index contributed by atoms with van der Waals surface area (Å²) in [6, 6.07) is 0. The van der Waals surface area contributed by atoms with Gasteiger partial charge in [0.25, 0.3) is 0 Å². The van der Waals surface area contributed by atoms with Gasteiger partial charge < -0.3 is 10.2 Å². The van der Waals surface area contributed by atoms with E-state index in [1.165, 1.54) is 0 Å². The average molecular weight is 116 g/mol. The summed E-state index contributed by atoms with van der Waals surface area (Å²) in [5, 5.41) is 18.0.